The van der Waals surface area contributed by atoms with Crippen LogP contribution in [0.15, 0.2) is 156 Å². The zero-order valence-electron chi connectivity index (χ0n) is 23.2. The number of rotatable bonds is 4. The summed E-state index contributed by atoms with van der Waals surface area (Å²) < 4.78 is 10.8. The third-order valence-electron chi connectivity index (χ3n) is 8.36. The van der Waals surface area contributed by atoms with Crippen LogP contribution in [-0.2, 0) is 0 Å². The minimum Gasteiger partial charge on any atom is -0.423 e. The summed E-state index contributed by atoms with van der Waals surface area (Å²) in [7, 11) is 0. The van der Waals surface area contributed by atoms with Crippen molar-refractivity contribution in [1.29, 1.82) is 0 Å². The molecule has 0 atom stereocenters. The number of aromatic nitrogens is 3. The number of hydrogen-bond acceptors (Lipinski definition) is 2. The van der Waals surface area contributed by atoms with E-state index in [-0.39, 0.29) is 0 Å². The molecule has 4 heteroatoms. The standard InChI is InChI=1S/C39H25N3O/c1-4-12-26(13-5-1)37-38(27-14-6-2-7-15-27)42-35-25-29(21-23-36(35)43-39(42)40-37)28-20-22-34-32(24-28)31-18-10-11-19-33(31)41(34)30-16-8-3-9-17-30/h1-25H. The third kappa shape index (κ3) is 3.67. The van der Waals surface area contributed by atoms with Gasteiger partial charge in [0.1, 0.15) is 5.69 Å². The number of hydrogen-bond donors (Lipinski definition) is 0. The molecule has 0 amide bonds. The molecule has 4 nitrogen and oxygen atoms in total. The Balaban J connectivity index is 1.27. The van der Waals surface area contributed by atoms with Gasteiger partial charge in [-0.1, -0.05) is 109 Å². The van der Waals surface area contributed by atoms with Gasteiger partial charge in [0.15, 0.2) is 5.58 Å². The maximum Gasteiger partial charge on any atom is 0.307 e. The Labute approximate surface area is 247 Å². The van der Waals surface area contributed by atoms with Gasteiger partial charge in [0.25, 0.3) is 0 Å². The highest BCUT2D eigenvalue weighted by molar-refractivity contribution is 6.10. The van der Waals surface area contributed by atoms with Crippen LogP contribution in [0.5, 0.6) is 0 Å². The van der Waals surface area contributed by atoms with Crippen molar-refractivity contribution < 1.29 is 4.42 Å². The van der Waals surface area contributed by atoms with Crippen molar-refractivity contribution in [3.8, 4) is 39.3 Å². The van der Waals surface area contributed by atoms with Gasteiger partial charge in [-0.25, -0.2) is 0 Å². The lowest BCUT2D eigenvalue weighted by Gasteiger charge is -2.08. The minimum absolute atomic E-state index is 0.589. The Morgan fingerprint density at radius 2 is 1.09 bits per heavy atom. The second-order valence-corrected chi connectivity index (χ2v) is 10.9. The number of benzene rings is 6. The van der Waals surface area contributed by atoms with Crippen LogP contribution in [-0.4, -0.2) is 14.0 Å². The summed E-state index contributed by atoms with van der Waals surface area (Å²) in [5.74, 6) is 0.589. The molecule has 0 fully saturated rings. The molecule has 0 spiro atoms. The molecule has 0 aliphatic heterocycles. The number of imidazole rings is 1. The summed E-state index contributed by atoms with van der Waals surface area (Å²) in [6.07, 6.45) is 0. The fraction of sp³-hybridized carbons (Fsp3) is 0. The van der Waals surface area contributed by atoms with Crippen LogP contribution in [0.4, 0.5) is 0 Å². The van der Waals surface area contributed by atoms with E-state index in [2.05, 4.69) is 136 Å². The largest absolute Gasteiger partial charge is 0.423 e. The monoisotopic (exact) mass is 551 g/mol. The van der Waals surface area contributed by atoms with E-state index in [1.54, 1.807) is 0 Å². The molecule has 0 saturated heterocycles. The Morgan fingerprint density at radius 1 is 0.465 bits per heavy atom. The number of oxazole rings is 1. The van der Waals surface area contributed by atoms with Gasteiger partial charge < -0.3 is 8.98 Å². The molecular formula is C39H25N3O. The van der Waals surface area contributed by atoms with Gasteiger partial charge in [0.05, 0.1) is 22.2 Å². The molecule has 0 radical (unpaired) electrons. The highest BCUT2D eigenvalue weighted by atomic mass is 16.4. The molecule has 43 heavy (non-hydrogen) atoms. The van der Waals surface area contributed by atoms with E-state index in [0.717, 1.165) is 50.4 Å². The molecule has 0 saturated carbocycles. The molecule has 9 rings (SSSR count). The lowest BCUT2D eigenvalue weighted by Crippen LogP contribution is -1.92. The fourth-order valence-electron chi connectivity index (χ4n) is 6.42. The summed E-state index contributed by atoms with van der Waals surface area (Å²) in [5.41, 5.74) is 11.7. The van der Waals surface area contributed by atoms with Crippen LogP contribution in [0.1, 0.15) is 0 Å². The minimum atomic E-state index is 0.589. The number of fused-ring (bicyclic) bond motifs is 6. The summed E-state index contributed by atoms with van der Waals surface area (Å²) in [4.78, 5) is 5.00. The smallest absolute Gasteiger partial charge is 0.307 e. The third-order valence-corrected chi connectivity index (χ3v) is 8.36. The average Bonchev–Trinajstić information content (AvgIpc) is 3.73. The van der Waals surface area contributed by atoms with Gasteiger partial charge in [0.2, 0.25) is 0 Å². The Hall–Kier alpha value is -5.87. The molecule has 0 unspecified atom stereocenters. The quantitative estimate of drug-likeness (QED) is 0.218. The van der Waals surface area contributed by atoms with Crippen LogP contribution < -0.4 is 0 Å². The summed E-state index contributed by atoms with van der Waals surface area (Å²) in [5, 5.41) is 2.47. The molecular weight excluding hydrogens is 526 g/mol. The maximum absolute atomic E-state index is 6.34. The second-order valence-electron chi connectivity index (χ2n) is 10.9. The van der Waals surface area contributed by atoms with Crippen LogP contribution in [0.3, 0.4) is 0 Å². The van der Waals surface area contributed by atoms with Crippen molar-refractivity contribution in [3.05, 3.63) is 152 Å². The SMILES string of the molecule is c1ccc(-c2nc3oc4ccc(-c5ccc6c(c5)c5ccccc5n6-c5ccccc5)cc4n3c2-c2ccccc2)cc1. The summed E-state index contributed by atoms with van der Waals surface area (Å²) in [6.45, 7) is 0. The molecule has 0 bridgehead atoms. The van der Waals surface area contributed by atoms with Gasteiger partial charge in [-0.05, 0) is 53.6 Å². The normalized spacial score (nSPS) is 11.7. The molecule has 9 aromatic rings. The van der Waals surface area contributed by atoms with E-state index < -0.39 is 0 Å². The summed E-state index contributed by atoms with van der Waals surface area (Å²) in [6, 6.07) is 53.2. The molecule has 6 aromatic carbocycles. The summed E-state index contributed by atoms with van der Waals surface area (Å²) >= 11 is 0. The highest BCUT2D eigenvalue weighted by Gasteiger charge is 2.21. The molecule has 3 aromatic heterocycles. The van der Waals surface area contributed by atoms with Crippen LogP contribution in [0.2, 0.25) is 0 Å². The molecule has 202 valence electrons. The topological polar surface area (TPSA) is 35.4 Å². The highest BCUT2D eigenvalue weighted by Crippen LogP contribution is 2.39. The van der Waals surface area contributed by atoms with Crippen LogP contribution in [0.25, 0.3) is 78.1 Å². The predicted molar refractivity (Wildman–Crippen MR) is 176 cm³/mol. The van der Waals surface area contributed by atoms with E-state index in [9.17, 15) is 0 Å². The van der Waals surface area contributed by atoms with Crippen LogP contribution >= 0.6 is 0 Å². The fourth-order valence-corrected chi connectivity index (χ4v) is 6.42. The molecule has 0 N–H and O–H groups in total. The Morgan fingerprint density at radius 3 is 1.88 bits per heavy atom. The lowest BCUT2D eigenvalue weighted by molar-refractivity contribution is 0.642. The van der Waals surface area contributed by atoms with Crippen molar-refractivity contribution in [2.45, 2.75) is 0 Å². The van der Waals surface area contributed by atoms with Gasteiger partial charge in [0, 0.05) is 27.6 Å². The second kappa shape index (κ2) is 9.33. The van der Waals surface area contributed by atoms with Crippen LogP contribution in [0, 0.1) is 0 Å². The Kier molecular flexibility index (Phi) is 5.16. The zero-order valence-corrected chi connectivity index (χ0v) is 23.2. The Bertz CT molecular complexity index is 2430. The first-order chi connectivity index (χ1) is 21.3. The van der Waals surface area contributed by atoms with E-state index in [4.69, 9.17) is 9.40 Å². The first-order valence-corrected chi connectivity index (χ1v) is 14.5. The average molecular weight is 552 g/mol. The number of nitrogens with zero attached hydrogens (tertiary/aromatic N) is 3. The molecule has 0 aliphatic carbocycles. The first kappa shape index (κ1) is 23.8. The van der Waals surface area contributed by atoms with Crippen molar-refractivity contribution in [3.63, 3.8) is 0 Å². The maximum atomic E-state index is 6.34. The van der Waals surface area contributed by atoms with Gasteiger partial charge in [-0.3, -0.25) is 4.40 Å². The van der Waals surface area contributed by atoms with Gasteiger partial charge in [-0.15, -0.1) is 0 Å². The van der Waals surface area contributed by atoms with Gasteiger partial charge >= 0.3 is 5.84 Å². The predicted octanol–water partition coefficient (Wildman–Crippen LogP) is 10.2. The van der Waals surface area contributed by atoms with E-state index in [0.29, 0.717) is 5.84 Å². The van der Waals surface area contributed by atoms with Gasteiger partial charge in [-0.2, -0.15) is 4.98 Å². The van der Waals surface area contributed by atoms with Crippen molar-refractivity contribution in [2.75, 3.05) is 0 Å². The molecule has 0 aliphatic rings. The van der Waals surface area contributed by atoms with E-state index in [1.807, 2.05) is 24.3 Å². The molecule has 3 heterocycles. The zero-order chi connectivity index (χ0) is 28.3. The van der Waals surface area contributed by atoms with E-state index >= 15 is 0 Å². The number of para-hydroxylation sites is 2. The van der Waals surface area contributed by atoms with Crippen molar-refractivity contribution >= 4 is 38.7 Å². The lowest BCUT2D eigenvalue weighted by atomic mass is 10.0. The van der Waals surface area contributed by atoms with Crippen molar-refractivity contribution in [2.24, 2.45) is 0 Å². The van der Waals surface area contributed by atoms with E-state index in [1.165, 1.54) is 21.8 Å². The van der Waals surface area contributed by atoms with Crippen molar-refractivity contribution in [1.82, 2.24) is 14.0 Å². The first-order valence-electron chi connectivity index (χ1n) is 14.5.